The van der Waals surface area contributed by atoms with Gasteiger partial charge in [0, 0.05) is 4.75 Å². The van der Waals surface area contributed by atoms with Crippen LogP contribution in [0.25, 0.3) is 0 Å². The van der Waals surface area contributed by atoms with Crippen molar-refractivity contribution in [3.63, 3.8) is 0 Å². The minimum atomic E-state index is -1.01. The molecule has 9 heteroatoms. The molecule has 210 valence electrons. The van der Waals surface area contributed by atoms with Gasteiger partial charge in [-0.1, -0.05) is 91.0 Å². The van der Waals surface area contributed by atoms with Gasteiger partial charge in [0.2, 0.25) is 11.8 Å². The zero-order valence-electron chi connectivity index (χ0n) is 22.7. The number of likely N-dealkylation sites (N-methyl/N-ethyl adjacent to an activating group) is 1. The number of nitrogens with zero attached hydrogens (tertiary/aromatic N) is 1. The van der Waals surface area contributed by atoms with Crippen molar-refractivity contribution >= 4 is 29.5 Å². The van der Waals surface area contributed by atoms with Crippen molar-refractivity contribution in [3.8, 4) is 0 Å². The van der Waals surface area contributed by atoms with Crippen LogP contribution in [0.5, 0.6) is 0 Å². The molecule has 2 aliphatic heterocycles. The average molecular weight is 562 g/mol. The summed E-state index contributed by atoms with van der Waals surface area (Å²) < 4.78 is -0.578. The van der Waals surface area contributed by atoms with Crippen LogP contribution in [0.15, 0.2) is 91.0 Å². The van der Waals surface area contributed by atoms with Gasteiger partial charge in [0.25, 0.3) is 0 Å². The van der Waals surface area contributed by atoms with E-state index >= 15 is 0 Å². The van der Waals surface area contributed by atoms with E-state index in [9.17, 15) is 24.6 Å². The first-order valence-corrected chi connectivity index (χ1v) is 14.0. The highest BCUT2D eigenvalue weighted by Crippen LogP contribution is 2.50. The van der Waals surface area contributed by atoms with Crippen LogP contribution in [-0.4, -0.2) is 62.1 Å². The third kappa shape index (κ3) is 6.38. The molecular weight excluding hydrogens is 526 g/mol. The van der Waals surface area contributed by atoms with Crippen molar-refractivity contribution in [2.24, 2.45) is 0 Å². The molecule has 0 aliphatic carbocycles. The van der Waals surface area contributed by atoms with Crippen LogP contribution in [0.2, 0.25) is 0 Å². The summed E-state index contributed by atoms with van der Waals surface area (Å²) >= 11 is 1.42. The first-order chi connectivity index (χ1) is 19.1. The smallest absolute Gasteiger partial charge is 0.327 e. The molecule has 3 aromatic rings. The quantitative estimate of drug-likeness (QED) is 0.311. The van der Waals surface area contributed by atoms with Crippen molar-refractivity contribution in [2.45, 2.75) is 54.6 Å². The number of carbonyl (C=O) groups is 3. The van der Waals surface area contributed by atoms with Crippen molar-refractivity contribution in [1.29, 1.82) is 0 Å². The predicted molar refractivity (Wildman–Crippen MR) is 155 cm³/mol. The van der Waals surface area contributed by atoms with E-state index in [4.69, 9.17) is 0 Å². The van der Waals surface area contributed by atoms with E-state index in [1.807, 2.05) is 112 Å². The molecule has 3 aromatic carbocycles. The minimum absolute atomic E-state index is 0.0846. The van der Waals surface area contributed by atoms with Gasteiger partial charge in [0.15, 0.2) is 0 Å². The highest BCUT2D eigenvalue weighted by Gasteiger charge is 2.64. The number of fused-ring (bicyclic) bond motifs is 1. The molecule has 2 saturated heterocycles. The maximum atomic E-state index is 12.3. The molecule has 0 saturated carbocycles. The van der Waals surface area contributed by atoms with Gasteiger partial charge in [-0.15, -0.1) is 11.8 Å². The van der Waals surface area contributed by atoms with Crippen molar-refractivity contribution in [2.75, 3.05) is 7.05 Å². The maximum absolute atomic E-state index is 12.3. The molecular formula is C31H35N3O5S. The lowest BCUT2D eigenvalue weighted by Gasteiger charge is -2.43. The average Bonchev–Trinajstić information content (AvgIpc) is 3.22. The summed E-state index contributed by atoms with van der Waals surface area (Å²) in [6.45, 7) is 3.62. The Morgan fingerprint density at radius 2 is 1.45 bits per heavy atom. The number of hydrogen-bond acceptors (Lipinski definition) is 6. The lowest BCUT2D eigenvalue weighted by molar-refractivity contribution is -0.161. The van der Waals surface area contributed by atoms with Gasteiger partial charge in [-0.3, -0.25) is 9.59 Å². The second-order valence-corrected chi connectivity index (χ2v) is 12.1. The molecule has 0 bridgehead atoms. The Hall–Kier alpha value is -3.66. The van der Waals surface area contributed by atoms with E-state index in [0.29, 0.717) is 0 Å². The Balaban J connectivity index is 0.000000194. The Kier molecular flexibility index (Phi) is 9.29. The number of rotatable bonds is 8. The number of aliphatic hydroxyl groups excluding tert-OH is 1. The summed E-state index contributed by atoms with van der Waals surface area (Å²) in [5.74, 6) is -1.55. The van der Waals surface area contributed by atoms with E-state index in [1.165, 1.54) is 16.7 Å². The number of carboxylic acids is 1. The van der Waals surface area contributed by atoms with Crippen LogP contribution < -0.4 is 10.6 Å². The number of benzene rings is 3. The zero-order valence-corrected chi connectivity index (χ0v) is 23.5. The third-order valence-corrected chi connectivity index (χ3v) is 8.70. The van der Waals surface area contributed by atoms with E-state index in [0.717, 1.165) is 16.7 Å². The topological polar surface area (TPSA) is 119 Å². The van der Waals surface area contributed by atoms with E-state index in [2.05, 4.69) is 10.6 Å². The molecule has 40 heavy (non-hydrogen) atoms. The van der Waals surface area contributed by atoms with Crippen LogP contribution in [0.3, 0.4) is 0 Å². The van der Waals surface area contributed by atoms with Gasteiger partial charge >= 0.3 is 5.97 Å². The highest BCUT2D eigenvalue weighted by molar-refractivity contribution is 8.01. The lowest BCUT2D eigenvalue weighted by Crippen LogP contribution is -2.70. The van der Waals surface area contributed by atoms with E-state index < -0.39 is 28.9 Å². The number of amides is 2. The van der Waals surface area contributed by atoms with Gasteiger partial charge in [-0.05, 0) is 37.6 Å². The summed E-state index contributed by atoms with van der Waals surface area (Å²) in [7, 11) is 1.86. The van der Waals surface area contributed by atoms with Gasteiger partial charge in [0.1, 0.15) is 17.5 Å². The number of aliphatic carboxylic acids is 1. The monoisotopic (exact) mass is 561 g/mol. The summed E-state index contributed by atoms with van der Waals surface area (Å²) in [5, 5.41) is 25.3. The largest absolute Gasteiger partial charge is 0.480 e. The summed E-state index contributed by atoms with van der Waals surface area (Å²) in [6, 6.07) is 27.4. The fourth-order valence-electron chi connectivity index (χ4n) is 5.16. The summed E-state index contributed by atoms with van der Waals surface area (Å²) in [6.07, 6.45) is -0.336. The molecule has 0 radical (unpaired) electrons. The fourth-order valence-corrected chi connectivity index (χ4v) is 6.79. The first-order valence-electron chi connectivity index (χ1n) is 13.2. The number of carbonyl (C=O) groups excluding carboxylic acids is 2. The molecule has 2 heterocycles. The standard InChI is InChI=1S/C16H18N2O4S.C15H17NO/c1-16(2)12(15(21)22)18-13(20)11(14(18)23-16)17-10(19)8-9-6-4-3-5-7-9;1-16-14(12-8-4-2-5-9-12)15(17)13-10-6-3-7-11-13/h3-7,11-12,14H,8H2,1-2H3,(H,17,19)(H,21,22);2-11,14-17H,1H3/t11-,12+,14-;14-,15+/m10/s1. The lowest BCUT2D eigenvalue weighted by atomic mass is 9.96. The van der Waals surface area contributed by atoms with Gasteiger partial charge in [-0.2, -0.15) is 0 Å². The Bertz CT molecular complexity index is 1310. The summed E-state index contributed by atoms with van der Waals surface area (Å²) in [4.78, 5) is 37.2. The van der Waals surface area contributed by atoms with Crippen LogP contribution in [0, 0.1) is 0 Å². The molecule has 0 spiro atoms. The van der Waals surface area contributed by atoms with E-state index in [-0.39, 0.29) is 29.7 Å². The first kappa shape index (κ1) is 29.3. The second kappa shape index (κ2) is 12.7. The minimum Gasteiger partial charge on any atom is -0.480 e. The maximum Gasteiger partial charge on any atom is 0.327 e. The fraction of sp³-hybridized carbons (Fsp3) is 0.323. The van der Waals surface area contributed by atoms with Gasteiger partial charge in [-0.25, -0.2) is 4.79 Å². The van der Waals surface area contributed by atoms with Gasteiger partial charge < -0.3 is 25.7 Å². The molecule has 2 aliphatic rings. The van der Waals surface area contributed by atoms with Crippen molar-refractivity contribution in [1.82, 2.24) is 15.5 Å². The summed E-state index contributed by atoms with van der Waals surface area (Å²) in [5.41, 5.74) is 2.89. The molecule has 2 fully saturated rings. The third-order valence-electron chi connectivity index (χ3n) is 7.13. The number of thioether (sulfide) groups is 1. The van der Waals surface area contributed by atoms with Crippen LogP contribution >= 0.6 is 11.8 Å². The number of aliphatic hydroxyl groups is 1. The van der Waals surface area contributed by atoms with Crippen molar-refractivity contribution in [3.05, 3.63) is 108 Å². The van der Waals surface area contributed by atoms with E-state index in [1.54, 1.807) is 0 Å². The normalized spacial score (nSPS) is 22.1. The highest BCUT2D eigenvalue weighted by atomic mass is 32.2. The number of β-lactam (4-membered cyclic amide) rings is 1. The van der Waals surface area contributed by atoms with Gasteiger partial charge in [0.05, 0.1) is 18.6 Å². The molecule has 5 rings (SSSR count). The van der Waals surface area contributed by atoms with Crippen LogP contribution in [0.4, 0.5) is 0 Å². The zero-order chi connectivity index (χ0) is 28.9. The van der Waals surface area contributed by atoms with Crippen molar-refractivity contribution < 1.29 is 24.6 Å². The van der Waals surface area contributed by atoms with Crippen LogP contribution in [0.1, 0.15) is 42.7 Å². The Morgan fingerprint density at radius 1 is 0.925 bits per heavy atom. The second-order valence-electron chi connectivity index (χ2n) is 10.3. The SMILES string of the molecule is CC1(C)S[C@@H]2[C@H](NC(=O)Cc3ccccc3)C(=O)N2[C@H]1C(=O)O.CN[C@@H](c1ccccc1)[C@H](O)c1ccccc1. The predicted octanol–water partition coefficient (Wildman–Crippen LogP) is 3.54. The molecule has 0 aromatic heterocycles. The van der Waals surface area contributed by atoms with Crippen LogP contribution in [-0.2, 0) is 20.8 Å². The molecule has 8 nitrogen and oxygen atoms in total. The number of carboxylic acid groups (broad SMARTS) is 1. The molecule has 5 atom stereocenters. The Labute approximate surface area is 238 Å². The Morgan fingerprint density at radius 3 is 1.98 bits per heavy atom. The number of hydrogen-bond donors (Lipinski definition) is 4. The number of nitrogens with one attached hydrogen (secondary N) is 2. The molecule has 2 amide bonds. The molecule has 4 N–H and O–H groups in total. The molecule has 0 unspecified atom stereocenters.